The molecule has 1 aromatic heterocycles. The average Bonchev–Trinajstić information content (AvgIpc) is 2.54. The number of anilines is 1. The highest BCUT2D eigenvalue weighted by Gasteiger charge is 2.04. The van der Waals surface area contributed by atoms with Crippen LogP contribution in [0.1, 0.15) is 5.56 Å². The molecule has 0 saturated carbocycles. The van der Waals surface area contributed by atoms with E-state index in [0.717, 1.165) is 6.20 Å². The third kappa shape index (κ3) is 4.05. The summed E-state index contributed by atoms with van der Waals surface area (Å²) >= 11 is 0. The van der Waals surface area contributed by atoms with Gasteiger partial charge in [-0.15, -0.1) is 0 Å². The van der Waals surface area contributed by atoms with Crippen molar-refractivity contribution in [1.29, 1.82) is 0 Å². The number of benzene rings is 1. The fourth-order valence-corrected chi connectivity index (χ4v) is 1.75. The maximum Gasteiger partial charge on any atom is 0.249 e. The Kier molecular flexibility index (Phi) is 5.08. The molecule has 1 N–H and O–H groups in total. The number of rotatable bonds is 5. The first kappa shape index (κ1) is 15.5. The Morgan fingerprint density at radius 1 is 1.23 bits per heavy atom. The summed E-state index contributed by atoms with van der Waals surface area (Å²) in [5.74, 6) is 0.693. The lowest BCUT2D eigenvalue weighted by atomic mass is 10.1. The maximum atomic E-state index is 12.7. The molecule has 1 aromatic carbocycles. The molecule has 6 heteroatoms. The number of halogens is 1. The molecule has 0 aliphatic heterocycles. The van der Waals surface area contributed by atoms with E-state index >= 15 is 0 Å². The molecule has 2 aromatic rings. The first-order chi connectivity index (χ1) is 10.6. The van der Waals surface area contributed by atoms with Crippen LogP contribution in [0.5, 0.6) is 11.5 Å². The summed E-state index contributed by atoms with van der Waals surface area (Å²) in [5.41, 5.74) is 0.698. The number of nitrogens with one attached hydrogen (secondary N) is 1. The fourth-order valence-electron chi connectivity index (χ4n) is 1.75. The predicted octanol–water partition coefficient (Wildman–Crippen LogP) is 2.89. The average molecular weight is 302 g/mol. The van der Waals surface area contributed by atoms with Gasteiger partial charge in [0, 0.05) is 11.6 Å². The van der Waals surface area contributed by atoms with E-state index in [4.69, 9.17) is 9.47 Å². The van der Waals surface area contributed by atoms with Crippen LogP contribution in [-0.2, 0) is 4.79 Å². The smallest absolute Gasteiger partial charge is 0.249 e. The van der Waals surface area contributed by atoms with Crippen LogP contribution in [0.4, 0.5) is 10.2 Å². The van der Waals surface area contributed by atoms with Gasteiger partial charge >= 0.3 is 0 Å². The standard InChI is InChI=1S/C16H15FN2O3/c1-21-13-5-6-14(22-2)11(9-13)3-8-16(20)19-15-7-4-12(17)10-18-15/h3-10H,1-2H3,(H,18,19,20)/b8-3+. The van der Waals surface area contributed by atoms with E-state index in [1.165, 1.54) is 18.2 Å². The van der Waals surface area contributed by atoms with Gasteiger partial charge in [-0.1, -0.05) is 0 Å². The van der Waals surface area contributed by atoms with E-state index < -0.39 is 5.82 Å². The molecule has 0 fully saturated rings. The second kappa shape index (κ2) is 7.21. The normalized spacial score (nSPS) is 10.5. The molecule has 0 aliphatic rings. The quantitative estimate of drug-likeness (QED) is 0.863. The molecule has 0 aliphatic carbocycles. The second-order valence-corrected chi connectivity index (χ2v) is 4.29. The minimum Gasteiger partial charge on any atom is -0.497 e. The van der Waals surface area contributed by atoms with Gasteiger partial charge in [-0.25, -0.2) is 9.37 Å². The zero-order valence-electron chi connectivity index (χ0n) is 12.2. The van der Waals surface area contributed by atoms with Crippen LogP contribution in [0.2, 0.25) is 0 Å². The van der Waals surface area contributed by atoms with Gasteiger partial charge < -0.3 is 14.8 Å². The highest BCUT2D eigenvalue weighted by Crippen LogP contribution is 2.25. The minimum atomic E-state index is -0.463. The van der Waals surface area contributed by atoms with E-state index in [1.54, 1.807) is 38.5 Å². The molecular formula is C16H15FN2O3. The van der Waals surface area contributed by atoms with Crippen molar-refractivity contribution >= 4 is 17.8 Å². The summed E-state index contributed by atoms with van der Waals surface area (Å²) in [4.78, 5) is 15.6. The van der Waals surface area contributed by atoms with Crippen LogP contribution in [-0.4, -0.2) is 25.1 Å². The Morgan fingerprint density at radius 3 is 2.68 bits per heavy atom. The minimum absolute atomic E-state index is 0.272. The van der Waals surface area contributed by atoms with E-state index in [9.17, 15) is 9.18 Å². The van der Waals surface area contributed by atoms with E-state index in [2.05, 4.69) is 10.3 Å². The second-order valence-electron chi connectivity index (χ2n) is 4.29. The topological polar surface area (TPSA) is 60.5 Å². The van der Waals surface area contributed by atoms with Crippen LogP contribution >= 0.6 is 0 Å². The van der Waals surface area contributed by atoms with Gasteiger partial charge in [-0.05, 0) is 36.4 Å². The van der Waals surface area contributed by atoms with Crippen molar-refractivity contribution in [2.75, 3.05) is 19.5 Å². The number of aromatic nitrogens is 1. The molecule has 0 saturated heterocycles. The van der Waals surface area contributed by atoms with Crippen LogP contribution in [0.3, 0.4) is 0 Å². The van der Waals surface area contributed by atoms with Crippen LogP contribution in [0.15, 0.2) is 42.6 Å². The summed E-state index contributed by atoms with van der Waals surface area (Å²) < 4.78 is 23.1. The van der Waals surface area contributed by atoms with Crippen molar-refractivity contribution in [2.45, 2.75) is 0 Å². The van der Waals surface area contributed by atoms with Crippen LogP contribution in [0.25, 0.3) is 6.08 Å². The number of hydrogen-bond acceptors (Lipinski definition) is 4. The summed E-state index contributed by atoms with van der Waals surface area (Å²) in [5, 5.41) is 2.53. The van der Waals surface area contributed by atoms with Crippen molar-refractivity contribution in [3.8, 4) is 11.5 Å². The molecule has 0 spiro atoms. The van der Waals surface area contributed by atoms with Crippen molar-refractivity contribution < 1.29 is 18.7 Å². The van der Waals surface area contributed by atoms with Crippen LogP contribution in [0, 0.1) is 5.82 Å². The predicted molar refractivity (Wildman–Crippen MR) is 81.4 cm³/mol. The zero-order valence-corrected chi connectivity index (χ0v) is 12.2. The molecule has 1 heterocycles. The summed E-state index contributed by atoms with van der Waals surface area (Å²) in [6.07, 6.45) is 3.97. The van der Waals surface area contributed by atoms with E-state index in [0.29, 0.717) is 17.1 Å². The molecule has 1 amide bonds. The number of nitrogens with zero attached hydrogens (tertiary/aromatic N) is 1. The highest BCUT2D eigenvalue weighted by molar-refractivity contribution is 6.01. The molecule has 0 bridgehead atoms. The lowest BCUT2D eigenvalue weighted by Gasteiger charge is -2.07. The number of amides is 1. The van der Waals surface area contributed by atoms with Crippen LogP contribution < -0.4 is 14.8 Å². The number of carbonyl (C=O) groups is 1. The Hall–Kier alpha value is -2.89. The van der Waals surface area contributed by atoms with Gasteiger partial charge in [0.25, 0.3) is 0 Å². The van der Waals surface area contributed by atoms with E-state index in [-0.39, 0.29) is 11.7 Å². The first-order valence-electron chi connectivity index (χ1n) is 6.45. The van der Waals surface area contributed by atoms with Crippen molar-refractivity contribution in [1.82, 2.24) is 4.98 Å². The summed E-state index contributed by atoms with van der Waals surface area (Å²) in [7, 11) is 3.10. The van der Waals surface area contributed by atoms with E-state index in [1.807, 2.05) is 0 Å². The molecule has 0 radical (unpaired) electrons. The molecule has 5 nitrogen and oxygen atoms in total. The lowest BCUT2D eigenvalue weighted by Crippen LogP contribution is -2.09. The Balaban J connectivity index is 2.10. The van der Waals surface area contributed by atoms with Gasteiger partial charge in [0.05, 0.1) is 20.4 Å². The lowest BCUT2D eigenvalue weighted by molar-refractivity contribution is -0.111. The van der Waals surface area contributed by atoms with Gasteiger partial charge in [0.2, 0.25) is 5.91 Å². The Bertz CT molecular complexity index is 684. The van der Waals surface area contributed by atoms with Gasteiger partial charge in [-0.3, -0.25) is 4.79 Å². The third-order valence-electron chi connectivity index (χ3n) is 2.83. The Labute approximate surface area is 127 Å². The zero-order chi connectivity index (χ0) is 15.9. The SMILES string of the molecule is COc1ccc(OC)c(/C=C/C(=O)Nc2ccc(F)cn2)c1. The molecule has 114 valence electrons. The molecular weight excluding hydrogens is 287 g/mol. The van der Waals surface area contributed by atoms with Crippen molar-refractivity contribution in [3.63, 3.8) is 0 Å². The molecule has 0 unspecified atom stereocenters. The number of methoxy groups -OCH3 is 2. The number of hydrogen-bond donors (Lipinski definition) is 1. The summed E-state index contributed by atoms with van der Waals surface area (Å²) in [6.45, 7) is 0. The molecule has 22 heavy (non-hydrogen) atoms. The highest BCUT2D eigenvalue weighted by atomic mass is 19.1. The molecule has 0 atom stereocenters. The first-order valence-corrected chi connectivity index (χ1v) is 6.45. The molecule has 2 rings (SSSR count). The summed E-state index contributed by atoms with van der Waals surface area (Å²) in [6, 6.07) is 7.86. The number of carbonyl (C=O) groups excluding carboxylic acids is 1. The number of ether oxygens (including phenoxy) is 2. The van der Waals surface area contributed by atoms with Gasteiger partial charge in [-0.2, -0.15) is 0 Å². The maximum absolute atomic E-state index is 12.7. The largest absolute Gasteiger partial charge is 0.497 e. The monoisotopic (exact) mass is 302 g/mol. The fraction of sp³-hybridized carbons (Fsp3) is 0.125. The Morgan fingerprint density at radius 2 is 2.05 bits per heavy atom. The third-order valence-corrected chi connectivity index (χ3v) is 2.83. The van der Waals surface area contributed by atoms with Crippen molar-refractivity contribution in [2.24, 2.45) is 0 Å². The van der Waals surface area contributed by atoms with Crippen molar-refractivity contribution in [3.05, 3.63) is 54.0 Å². The van der Waals surface area contributed by atoms with Gasteiger partial charge in [0.1, 0.15) is 23.1 Å². The number of pyridine rings is 1. The van der Waals surface area contributed by atoms with Gasteiger partial charge in [0.15, 0.2) is 0 Å².